The Balaban J connectivity index is 2.22. The van der Waals surface area contributed by atoms with Gasteiger partial charge in [0.2, 0.25) is 0 Å². The maximum absolute atomic E-state index is 6.44. The molecule has 2 rings (SSSR count). The molecule has 18 heavy (non-hydrogen) atoms. The Morgan fingerprint density at radius 2 is 2.22 bits per heavy atom. The highest BCUT2D eigenvalue weighted by Crippen LogP contribution is 2.33. The van der Waals surface area contributed by atoms with E-state index in [2.05, 4.69) is 42.3 Å². The van der Waals surface area contributed by atoms with Crippen LogP contribution in [0.15, 0.2) is 18.2 Å². The molecule has 0 aromatic heterocycles. The second kappa shape index (κ2) is 6.18. The van der Waals surface area contributed by atoms with E-state index in [1.54, 1.807) is 0 Å². The zero-order chi connectivity index (χ0) is 13.1. The van der Waals surface area contributed by atoms with Crippen LogP contribution in [0.25, 0.3) is 0 Å². The van der Waals surface area contributed by atoms with E-state index in [0.29, 0.717) is 11.3 Å². The molecule has 2 atom stereocenters. The summed E-state index contributed by atoms with van der Waals surface area (Å²) in [5, 5.41) is 4.68. The zero-order valence-electron chi connectivity index (χ0n) is 11.2. The Kier molecular flexibility index (Phi) is 4.82. The summed E-state index contributed by atoms with van der Waals surface area (Å²) in [4.78, 5) is 2.44. The number of rotatable bonds is 3. The molecule has 0 bridgehead atoms. The average Bonchev–Trinajstić information content (AvgIpc) is 2.34. The zero-order valence-corrected chi connectivity index (χ0v) is 12.8. The van der Waals surface area contributed by atoms with Crippen molar-refractivity contribution in [2.75, 3.05) is 24.2 Å². The molecule has 1 aliphatic heterocycles. The van der Waals surface area contributed by atoms with E-state index in [-0.39, 0.29) is 0 Å². The third-order valence-corrected chi connectivity index (χ3v) is 5.23. The van der Waals surface area contributed by atoms with Crippen LogP contribution in [-0.4, -0.2) is 30.6 Å². The van der Waals surface area contributed by atoms with Gasteiger partial charge in [0, 0.05) is 30.1 Å². The monoisotopic (exact) mass is 284 g/mol. The summed E-state index contributed by atoms with van der Waals surface area (Å²) in [5.74, 6) is 1.18. The number of thioether (sulfide) groups is 1. The van der Waals surface area contributed by atoms with Crippen molar-refractivity contribution >= 4 is 29.1 Å². The van der Waals surface area contributed by atoms with Gasteiger partial charge in [0.1, 0.15) is 0 Å². The van der Waals surface area contributed by atoms with Gasteiger partial charge in [-0.25, -0.2) is 0 Å². The lowest BCUT2D eigenvalue weighted by atomic mass is 10.1. The van der Waals surface area contributed by atoms with Crippen LogP contribution in [-0.2, 0) is 6.54 Å². The van der Waals surface area contributed by atoms with E-state index in [9.17, 15) is 0 Å². The largest absolute Gasteiger partial charge is 0.366 e. The molecule has 1 N–H and O–H groups in total. The Morgan fingerprint density at radius 3 is 2.89 bits per heavy atom. The van der Waals surface area contributed by atoms with E-state index in [1.807, 2.05) is 18.8 Å². The molecule has 1 heterocycles. The number of nitrogens with one attached hydrogen (secondary N) is 1. The quantitative estimate of drug-likeness (QED) is 0.916. The third-order valence-electron chi connectivity index (χ3n) is 3.59. The molecule has 2 nitrogen and oxygen atoms in total. The fraction of sp³-hybridized carbons (Fsp3) is 0.571. The Morgan fingerprint density at radius 1 is 1.44 bits per heavy atom. The maximum atomic E-state index is 6.44. The van der Waals surface area contributed by atoms with Gasteiger partial charge in [0.05, 0.1) is 10.7 Å². The van der Waals surface area contributed by atoms with Gasteiger partial charge in [0.15, 0.2) is 0 Å². The van der Waals surface area contributed by atoms with Crippen LogP contribution < -0.4 is 10.2 Å². The van der Waals surface area contributed by atoms with Gasteiger partial charge in [-0.05, 0) is 31.7 Å². The first-order valence-electron chi connectivity index (χ1n) is 6.44. The van der Waals surface area contributed by atoms with Gasteiger partial charge < -0.3 is 10.2 Å². The molecule has 1 aromatic carbocycles. The highest BCUT2D eigenvalue weighted by atomic mass is 35.5. The van der Waals surface area contributed by atoms with Crippen molar-refractivity contribution in [2.24, 2.45) is 0 Å². The molecular formula is C14H21ClN2S. The van der Waals surface area contributed by atoms with E-state index in [0.717, 1.165) is 18.1 Å². The third kappa shape index (κ3) is 2.95. The van der Waals surface area contributed by atoms with Crippen LogP contribution >= 0.6 is 23.4 Å². The summed E-state index contributed by atoms with van der Waals surface area (Å²) in [6.07, 6.45) is 0. The fourth-order valence-corrected chi connectivity index (χ4v) is 3.78. The van der Waals surface area contributed by atoms with Gasteiger partial charge in [-0.3, -0.25) is 0 Å². The van der Waals surface area contributed by atoms with Crippen molar-refractivity contribution < 1.29 is 0 Å². The summed E-state index contributed by atoms with van der Waals surface area (Å²) in [6, 6.07) is 6.94. The average molecular weight is 285 g/mol. The van der Waals surface area contributed by atoms with Crippen LogP contribution in [0.3, 0.4) is 0 Å². The molecule has 0 saturated carbocycles. The predicted molar refractivity (Wildman–Crippen MR) is 82.9 cm³/mol. The van der Waals surface area contributed by atoms with Crippen LogP contribution in [0.4, 0.5) is 5.69 Å². The summed E-state index contributed by atoms with van der Waals surface area (Å²) in [7, 11) is 1.95. The standard InChI is InChI=1S/C14H21ClN2S/c1-10-11(2)18-7-6-17(10)14-5-4-12(9-16-3)8-13(14)15/h4-5,8,10-11,16H,6-7,9H2,1-3H3. The van der Waals surface area contributed by atoms with Crippen molar-refractivity contribution in [2.45, 2.75) is 31.7 Å². The number of halogens is 1. The van der Waals surface area contributed by atoms with Gasteiger partial charge >= 0.3 is 0 Å². The van der Waals surface area contributed by atoms with Crippen molar-refractivity contribution in [1.29, 1.82) is 0 Å². The number of anilines is 1. The topological polar surface area (TPSA) is 15.3 Å². The van der Waals surface area contributed by atoms with E-state index in [1.165, 1.54) is 17.0 Å². The lowest BCUT2D eigenvalue weighted by molar-refractivity contribution is 0.627. The van der Waals surface area contributed by atoms with Crippen LogP contribution in [0, 0.1) is 0 Å². The van der Waals surface area contributed by atoms with Crippen molar-refractivity contribution in [3.8, 4) is 0 Å². The Hall–Kier alpha value is -0.380. The minimum absolute atomic E-state index is 0.538. The minimum atomic E-state index is 0.538. The molecule has 1 aromatic rings. The molecule has 1 aliphatic rings. The number of benzene rings is 1. The second-order valence-electron chi connectivity index (χ2n) is 4.83. The van der Waals surface area contributed by atoms with Gasteiger partial charge in [-0.2, -0.15) is 11.8 Å². The molecule has 1 fully saturated rings. The normalized spacial score (nSPS) is 24.3. The van der Waals surface area contributed by atoms with Crippen LogP contribution in [0.5, 0.6) is 0 Å². The molecule has 2 unspecified atom stereocenters. The summed E-state index contributed by atoms with van der Waals surface area (Å²) in [5.41, 5.74) is 2.41. The highest BCUT2D eigenvalue weighted by molar-refractivity contribution is 8.00. The number of hydrogen-bond donors (Lipinski definition) is 1. The maximum Gasteiger partial charge on any atom is 0.0642 e. The SMILES string of the molecule is CNCc1ccc(N2CCSC(C)C2C)c(Cl)c1. The van der Waals surface area contributed by atoms with Gasteiger partial charge in [-0.15, -0.1) is 0 Å². The summed E-state index contributed by atoms with van der Waals surface area (Å²) in [6.45, 7) is 6.53. The van der Waals surface area contributed by atoms with Crippen molar-refractivity contribution in [3.05, 3.63) is 28.8 Å². The fourth-order valence-electron chi connectivity index (χ4n) is 2.37. The lowest BCUT2D eigenvalue weighted by Gasteiger charge is -2.39. The summed E-state index contributed by atoms with van der Waals surface area (Å²) < 4.78 is 0. The number of nitrogens with zero attached hydrogens (tertiary/aromatic N) is 1. The second-order valence-corrected chi connectivity index (χ2v) is 6.72. The highest BCUT2D eigenvalue weighted by Gasteiger charge is 2.26. The molecule has 0 aliphatic carbocycles. The molecular weight excluding hydrogens is 264 g/mol. The first-order valence-corrected chi connectivity index (χ1v) is 7.87. The molecule has 0 radical (unpaired) electrons. The van der Waals surface area contributed by atoms with Crippen LogP contribution in [0.2, 0.25) is 5.02 Å². The first kappa shape index (κ1) is 14.0. The smallest absolute Gasteiger partial charge is 0.0642 e. The van der Waals surface area contributed by atoms with Crippen molar-refractivity contribution in [3.63, 3.8) is 0 Å². The molecule has 100 valence electrons. The molecule has 0 spiro atoms. The lowest BCUT2D eigenvalue weighted by Crippen LogP contribution is -2.44. The molecule has 4 heteroatoms. The minimum Gasteiger partial charge on any atom is -0.366 e. The molecule has 1 saturated heterocycles. The van der Waals surface area contributed by atoms with Gasteiger partial charge in [-0.1, -0.05) is 24.6 Å². The van der Waals surface area contributed by atoms with Crippen LogP contribution in [0.1, 0.15) is 19.4 Å². The predicted octanol–water partition coefficient (Wildman–Crippen LogP) is 3.39. The summed E-state index contributed by atoms with van der Waals surface area (Å²) >= 11 is 8.48. The van der Waals surface area contributed by atoms with Gasteiger partial charge in [0.25, 0.3) is 0 Å². The Bertz CT molecular complexity index is 411. The number of hydrogen-bond acceptors (Lipinski definition) is 3. The van der Waals surface area contributed by atoms with E-state index < -0.39 is 0 Å². The van der Waals surface area contributed by atoms with E-state index in [4.69, 9.17) is 11.6 Å². The van der Waals surface area contributed by atoms with Crippen molar-refractivity contribution in [1.82, 2.24) is 5.32 Å². The molecule has 0 amide bonds. The Labute approximate surface area is 119 Å². The van der Waals surface area contributed by atoms with E-state index >= 15 is 0 Å². The first-order chi connectivity index (χ1) is 8.63.